The molecule has 4 heteroatoms. The number of aryl methyl sites for hydroxylation is 2. The summed E-state index contributed by atoms with van der Waals surface area (Å²) in [7, 11) is 0. The monoisotopic (exact) mass is 342 g/mol. The Morgan fingerprint density at radius 1 is 1.04 bits per heavy atom. The lowest BCUT2D eigenvalue weighted by atomic mass is 10.0. The van der Waals surface area contributed by atoms with Crippen LogP contribution in [0.5, 0.6) is 0 Å². The van der Waals surface area contributed by atoms with Gasteiger partial charge in [0.2, 0.25) is 0 Å². The van der Waals surface area contributed by atoms with Crippen molar-refractivity contribution in [3.63, 3.8) is 0 Å². The summed E-state index contributed by atoms with van der Waals surface area (Å²) >= 11 is 0. The van der Waals surface area contributed by atoms with Crippen LogP contribution in [0.1, 0.15) is 30.0 Å². The number of benzene rings is 2. The van der Waals surface area contributed by atoms with Crippen LogP contribution in [0.15, 0.2) is 30.3 Å². The third kappa shape index (κ3) is 3.32. The molecule has 0 spiro atoms. The second-order valence-electron chi connectivity index (χ2n) is 7.06. The summed E-state index contributed by atoms with van der Waals surface area (Å²) in [5, 5.41) is 2.53. The summed E-state index contributed by atoms with van der Waals surface area (Å²) in [4.78, 5) is 0. The molecule has 25 heavy (non-hydrogen) atoms. The fourth-order valence-electron chi connectivity index (χ4n) is 3.80. The maximum absolute atomic E-state index is 6.29. The van der Waals surface area contributed by atoms with Gasteiger partial charge in [-0.1, -0.05) is 36.8 Å². The molecule has 0 radical (unpaired) electrons. The molecule has 2 saturated heterocycles. The Balaban J connectivity index is 1.53. The second kappa shape index (κ2) is 7.04. The van der Waals surface area contributed by atoms with Gasteiger partial charge in [-0.3, -0.25) is 0 Å². The molecule has 2 aromatic rings. The minimum Gasteiger partial charge on any atom is -0.368 e. The number of fused-ring (bicyclic) bond motifs is 2. The number of hydrogen-bond donors (Lipinski definition) is 0. The zero-order valence-electron chi connectivity index (χ0n) is 15.2. The van der Waals surface area contributed by atoms with Crippen molar-refractivity contribution >= 4 is 10.8 Å². The van der Waals surface area contributed by atoms with Gasteiger partial charge >= 0.3 is 0 Å². The predicted molar refractivity (Wildman–Crippen MR) is 96.6 cm³/mol. The standard InChI is InChI=1S/C21H26O4/c1-4-18-19(20-21(25-18)23-8-7-22-20)24-12-17-11-15-6-5-13(2)9-16(15)10-14(17)3/h5-6,9-11,18-21H,4,7-8,12H2,1-3H3/t18-,19+,20-,21+/m1/s1. The molecule has 0 N–H and O–H groups in total. The molecular formula is C21H26O4. The van der Waals surface area contributed by atoms with E-state index in [4.69, 9.17) is 18.9 Å². The van der Waals surface area contributed by atoms with E-state index in [1.807, 2.05) is 0 Å². The highest BCUT2D eigenvalue weighted by Crippen LogP contribution is 2.32. The average Bonchev–Trinajstić information content (AvgIpc) is 2.98. The van der Waals surface area contributed by atoms with E-state index in [9.17, 15) is 0 Å². The Labute approximate surface area is 149 Å². The summed E-state index contributed by atoms with van der Waals surface area (Å²) in [6, 6.07) is 11.0. The first kappa shape index (κ1) is 17.0. The van der Waals surface area contributed by atoms with Gasteiger partial charge in [0, 0.05) is 0 Å². The van der Waals surface area contributed by atoms with Crippen LogP contribution < -0.4 is 0 Å². The molecule has 0 amide bonds. The molecule has 0 aliphatic carbocycles. The van der Waals surface area contributed by atoms with Crippen LogP contribution in [-0.4, -0.2) is 37.8 Å². The maximum Gasteiger partial charge on any atom is 0.186 e. The van der Waals surface area contributed by atoms with Gasteiger partial charge in [-0.2, -0.15) is 0 Å². The fourth-order valence-corrected chi connectivity index (χ4v) is 3.80. The van der Waals surface area contributed by atoms with E-state index >= 15 is 0 Å². The van der Waals surface area contributed by atoms with Gasteiger partial charge < -0.3 is 18.9 Å². The Bertz CT molecular complexity index is 757. The third-order valence-corrected chi connectivity index (χ3v) is 5.23. The van der Waals surface area contributed by atoms with Gasteiger partial charge in [-0.15, -0.1) is 0 Å². The number of ether oxygens (including phenoxy) is 4. The molecular weight excluding hydrogens is 316 g/mol. The minimum atomic E-state index is -0.288. The average molecular weight is 342 g/mol. The molecule has 2 heterocycles. The Morgan fingerprint density at radius 3 is 2.72 bits per heavy atom. The fraction of sp³-hybridized carbons (Fsp3) is 0.524. The van der Waals surface area contributed by atoms with Gasteiger partial charge in [-0.05, 0) is 48.2 Å². The second-order valence-corrected chi connectivity index (χ2v) is 7.06. The van der Waals surface area contributed by atoms with Crippen molar-refractivity contribution in [1.29, 1.82) is 0 Å². The van der Waals surface area contributed by atoms with E-state index in [0.717, 1.165) is 6.42 Å². The van der Waals surface area contributed by atoms with Crippen LogP contribution in [0.25, 0.3) is 10.8 Å². The zero-order chi connectivity index (χ0) is 17.4. The lowest BCUT2D eigenvalue weighted by molar-refractivity contribution is -0.222. The smallest absolute Gasteiger partial charge is 0.186 e. The molecule has 2 aliphatic heterocycles. The minimum absolute atomic E-state index is 0.0245. The van der Waals surface area contributed by atoms with E-state index in [1.165, 1.54) is 27.5 Å². The van der Waals surface area contributed by atoms with Crippen molar-refractivity contribution in [2.24, 2.45) is 0 Å². The Hall–Kier alpha value is -1.46. The Morgan fingerprint density at radius 2 is 1.88 bits per heavy atom. The quantitative estimate of drug-likeness (QED) is 0.845. The lowest BCUT2D eigenvalue weighted by Gasteiger charge is -2.28. The third-order valence-electron chi connectivity index (χ3n) is 5.23. The van der Waals surface area contributed by atoms with Crippen molar-refractivity contribution < 1.29 is 18.9 Å². The Kier molecular flexibility index (Phi) is 4.78. The van der Waals surface area contributed by atoms with Gasteiger partial charge in [0.25, 0.3) is 0 Å². The van der Waals surface area contributed by atoms with Crippen LogP contribution in [0, 0.1) is 13.8 Å². The SMILES string of the molecule is CC[C@H]1O[C@@H]2OCCO[C@@H]2[C@H]1OCc1cc2ccc(C)cc2cc1C. The van der Waals surface area contributed by atoms with E-state index < -0.39 is 0 Å². The first-order chi connectivity index (χ1) is 12.2. The van der Waals surface area contributed by atoms with E-state index in [0.29, 0.717) is 19.8 Å². The number of rotatable bonds is 4. The normalized spacial score (nSPS) is 29.1. The summed E-state index contributed by atoms with van der Waals surface area (Å²) < 4.78 is 23.8. The maximum atomic E-state index is 6.29. The molecule has 4 rings (SSSR count). The molecule has 0 bridgehead atoms. The van der Waals surface area contributed by atoms with Crippen LogP contribution in [-0.2, 0) is 25.6 Å². The summed E-state index contributed by atoms with van der Waals surface area (Å²) in [5.74, 6) is 0. The van der Waals surface area contributed by atoms with Crippen molar-refractivity contribution in [3.05, 3.63) is 47.0 Å². The highest BCUT2D eigenvalue weighted by molar-refractivity contribution is 5.84. The molecule has 4 nitrogen and oxygen atoms in total. The summed E-state index contributed by atoms with van der Waals surface area (Å²) in [5.41, 5.74) is 3.75. The lowest BCUT2D eigenvalue weighted by Crippen LogP contribution is -2.42. The van der Waals surface area contributed by atoms with Crippen molar-refractivity contribution in [3.8, 4) is 0 Å². The van der Waals surface area contributed by atoms with Crippen LogP contribution >= 0.6 is 0 Å². The predicted octanol–water partition coefficient (Wildman–Crippen LogP) is 3.89. The molecule has 2 fully saturated rings. The highest BCUT2D eigenvalue weighted by atomic mass is 16.7. The summed E-state index contributed by atoms with van der Waals surface area (Å²) in [6.07, 6.45) is 0.423. The van der Waals surface area contributed by atoms with Gasteiger partial charge in [0.1, 0.15) is 12.2 Å². The molecule has 4 atom stereocenters. The first-order valence-electron chi connectivity index (χ1n) is 9.16. The zero-order valence-corrected chi connectivity index (χ0v) is 15.2. The first-order valence-corrected chi connectivity index (χ1v) is 9.16. The largest absolute Gasteiger partial charge is 0.368 e. The molecule has 2 aromatic carbocycles. The molecule has 0 aromatic heterocycles. The van der Waals surface area contributed by atoms with E-state index in [2.05, 4.69) is 51.1 Å². The molecule has 0 unspecified atom stereocenters. The van der Waals surface area contributed by atoms with Crippen molar-refractivity contribution in [2.75, 3.05) is 13.2 Å². The van der Waals surface area contributed by atoms with Crippen LogP contribution in [0.3, 0.4) is 0 Å². The van der Waals surface area contributed by atoms with E-state index in [1.54, 1.807) is 0 Å². The van der Waals surface area contributed by atoms with Gasteiger partial charge in [0.15, 0.2) is 6.29 Å². The number of hydrogen-bond acceptors (Lipinski definition) is 4. The van der Waals surface area contributed by atoms with Gasteiger partial charge in [0.05, 0.1) is 25.9 Å². The van der Waals surface area contributed by atoms with Gasteiger partial charge in [-0.25, -0.2) is 0 Å². The molecule has 0 saturated carbocycles. The summed E-state index contributed by atoms with van der Waals surface area (Å²) in [6.45, 7) is 8.14. The molecule has 2 aliphatic rings. The van der Waals surface area contributed by atoms with Crippen molar-refractivity contribution in [1.82, 2.24) is 0 Å². The molecule has 134 valence electrons. The van der Waals surface area contributed by atoms with Crippen molar-refractivity contribution in [2.45, 2.75) is 58.4 Å². The highest BCUT2D eigenvalue weighted by Gasteiger charge is 2.47. The topological polar surface area (TPSA) is 36.9 Å². The van der Waals surface area contributed by atoms with Crippen LogP contribution in [0.4, 0.5) is 0 Å². The van der Waals surface area contributed by atoms with Crippen LogP contribution in [0.2, 0.25) is 0 Å². The van der Waals surface area contributed by atoms with E-state index in [-0.39, 0.29) is 24.6 Å².